The Morgan fingerprint density at radius 2 is 1.89 bits per heavy atom. The second kappa shape index (κ2) is 4.70. The van der Waals surface area contributed by atoms with Crippen molar-refractivity contribution in [2.45, 2.75) is 13.0 Å². The SMILES string of the molecule is Nc1cc2c(cc1Oc1ccccc1)CCNC2. The van der Waals surface area contributed by atoms with Gasteiger partial charge in [0.2, 0.25) is 0 Å². The van der Waals surface area contributed by atoms with Gasteiger partial charge in [0.15, 0.2) is 5.75 Å². The molecule has 0 aromatic heterocycles. The Kier molecular flexibility index (Phi) is 2.90. The molecule has 1 aliphatic rings. The van der Waals surface area contributed by atoms with Crippen molar-refractivity contribution >= 4 is 5.69 Å². The molecule has 1 aliphatic heterocycles. The number of benzene rings is 2. The molecule has 18 heavy (non-hydrogen) atoms. The van der Waals surface area contributed by atoms with Crippen LogP contribution >= 0.6 is 0 Å². The number of hydrogen-bond donors (Lipinski definition) is 2. The summed E-state index contributed by atoms with van der Waals surface area (Å²) in [5.74, 6) is 1.57. The fourth-order valence-corrected chi connectivity index (χ4v) is 2.23. The topological polar surface area (TPSA) is 47.3 Å². The standard InChI is InChI=1S/C15H16N2O/c16-14-8-12-10-17-7-6-11(12)9-15(14)18-13-4-2-1-3-5-13/h1-5,8-9,17H,6-7,10,16H2. The molecule has 0 bridgehead atoms. The zero-order valence-electron chi connectivity index (χ0n) is 10.1. The molecule has 2 aromatic carbocycles. The first kappa shape index (κ1) is 11.1. The van der Waals surface area contributed by atoms with Crippen LogP contribution < -0.4 is 15.8 Å². The van der Waals surface area contributed by atoms with Crippen LogP contribution in [0.15, 0.2) is 42.5 Å². The first-order valence-electron chi connectivity index (χ1n) is 6.18. The lowest BCUT2D eigenvalue weighted by atomic mass is 10.00. The maximum absolute atomic E-state index is 6.04. The van der Waals surface area contributed by atoms with Gasteiger partial charge in [-0.25, -0.2) is 0 Å². The second-order valence-corrected chi connectivity index (χ2v) is 4.50. The van der Waals surface area contributed by atoms with E-state index >= 15 is 0 Å². The van der Waals surface area contributed by atoms with Crippen molar-refractivity contribution in [3.05, 3.63) is 53.6 Å². The number of ether oxygens (including phenoxy) is 1. The summed E-state index contributed by atoms with van der Waals surface area (Å²) >= 11 is 0. The highest BCUT2D eigenvalue weighted by Gasteiger charge is 2.12. The molecule has 0 aliphatic carbocycles. The highest BCUT2D eigenvalue weighted by atomic mass is 16.5. The van der Waals surface area contributed by atoms with E-state index in [0.717, 1.165) is 31.0 Å². The minimum absolute atomic E-state index is 0.696. The molecule has 0 saturated heterocycles. The lowest BCUT2D eigenvalue weighted by Gasteiger charge is -2.19. The Morgan fingerprint density at radius 3 is 2.72 bits per heavy atom. The van der Waals surface area contributed by atoms with Crippen LogP contribution in [0.5, 0.6) is 11.5 Å². The smallest absolute Gasteiger partial charge is 0.150 e. The molecule has 0 fully saturated rings. The van der Waals surface area contributed by atoms with Gasteiger partial charge >= 0.3 is 0 Å². The van der Waals surface area contributed by atoms with E-state index in [1.54, 1.807) is 0 Å². The van der Waals surface area contributed by atoms with E-state index in [2.05, 4.69) is 11.4 Å². The van der Waals surface area contributed by atoms with Crippen LogP contribution in [0.4, 0.5) is 5.69 Å². The van der Waals surface area contributed by atoms with Gasteiger partial charge < -0.3 is 15.8 Å². The van der Waals surface area contributed by atoms with Crippen LogP contribution in [0, 0.1) is 0 Å². The minimum Gasteiger partial charge on any atom is -0.455 e. The number of para-hydroxylation sites is 1. The molecule has 0 spiro atoms. The van der Waals surface area contributed by atoms with E-state index in [0.29, 0.717) is 5.69 Å². The van der Waals surface area contributed by atoms with Crippen LogP contribution in [-0.2, 0) is 13.0 Å². The zero-order valence-corrected chi connectivity index (χ0v) is 10.1. The number of nitrogen functional groups attached to an aromatic ring is 1. The predicted molar refractivity (Wildman–Crippen MR) is 72.8 cm³/mol. The van der Waals surface area contributed by atoms with Crippen LogP contribution in [0.2, 0.25) is 0 Å². The first-order valence-corrected chi connectivity index (χ1v) is 6.18. The van der Waals surface area contributed by atoms with Gasteiger partial charge in [0.05, 0.1) is 5.69 Å². The summed E-state index contributed by atoms with van der Waals surface area (Å²) in [5, 5.41) is 3.34. The number of hydrogen-bond acceptors (Lipinski definition) is 3. The fraction of sp³-hybridized carbons (Fsp3) is 0.200. The Bertz CT molecular complexity index is 552. The van der Waals surface area contributed by atoms with Gasteiger partial charge in [-0.05, 0) is 48.4 Å². The molecule has 2 aromatic rings. The summed E-state index contributed by atoms with van der Waals surface area (Å²) in [4.78, 5) is 0. The lowest BCUT2D eigenvalue weighted by Crippen LogP contribution is -2.23. The average molecular weight is 240 g/mol. The first-order chi connectivity index (χ1) is 8.83. The molecular weight excluding hydrogens is 224 g/mol. The molecule has 3 nitrogen and oxygen atoms in total. The third-order valence-corrected chi connectivity index (χ3v) is 3.19. The maximum Gasteiger partial charge on any atom is 0.150 e. The summed E-state index contributed by atoms with van der Waals surface area (Å²) in [6, 6.07) is 13.8. The molecule has 3 N–H and O–H groups in total. The maximum atomic E-state index is 6.04. The molecule has 0 atom stereocenters. The second-order valence-electron chi connectivity index (χ2n) is 4.50. The lowest BCUT2D eigenvalue weighted by molar-refractivity contribution is 0.483. The van der Waals surface area contributed by atoms with E-state index in [4.69, 9.17) is 10.5 Å². The Labute approximate surface area is 107 Å². The van der Waals surface area contributed by atoms with E-state index in [9.17, 15) is 0 Å². The van der Waals surface area contributed by atoms with Gasteiger partial charge in [-0.3, -0.25) is 0 Å². The third kappa shape index (κ3) is 2.17. The van der Waals surface area contributed by atoms with E-state index in [1.807, 2.05) is 36.4 Å². The summed E-state index contributed by atoms with van der Waals surface area (Å²) in [7, 11) is 0. The van der Waals surface area contributed by atoms with Crippen molar-refractivity contribution < 1.29 is 4.74 Å². The number of fused-ring (bicyclic) bond motifs is 1. The number of nitrogens with one attached hydrogen (secondary N) is 1. The number of rotatable bonds is 2. The Balaban J connectivity index is 1.92. The van der Waals surface area contributed by atoms with Crippen LogP contribution in [0.1, 0.15) is 11.1 Å². The fourth-order valence-electron chi connectivity index (χ4n) is 2.23. The molecular formula is C15H16N2O. The predicted octanol–water partition coefficient (Wildman–Crippen LogP) is 2.71. The van der Waals surface area contributed by atoms with Crippen molar-refractivity contribution in [1.82, 2.24) is 5.32 Å². The summed E-state index contributed by atoms with van der Waals surface area (Å²) in [6.07, 6.45) is 1.03. The normalized spacial score (nSPS) is 14.0. The minimum atomic E-state index is 0.696. The van der Waals surface area contributed by atoms with Gasteiger partial charge in [-0.1, -0.05) is 18.2 Å². The molecule has 0 saturated carbocycles. The van der Waals surface area contributed by atoms with Crippen molar-refractivity contribution in [3.8, 4) is 11.5 Å². The summed E-state index contributed by atoms with van der Waals surface area (Å²) in [6.45, 7) is 1.91. The van der Waals surface area contributed by atoms with Gasteiger partial charge in [-0.2, -0.15) is 0 Å². The van der Waals surface area contributed by atoms with Crippen molar-refractivity contribution in [2.75, 3.05) is 12.3 Å². The van der Waals surface area contributed by atoms with E-state index in [1.165, 1.54) is 11.1 Å². The van der Waals surface area contributed by atoms with Crippen LogP contribution in [-0.4, -0.2) is 6.54 Å². The highest BCUT2D eigenvalue weighted by molar-refractivity contribution is 5.58. The molecule has 3 rings (SSSR count). The van der Waals surface area contributed by atoms with Gasteiger partial charge in [0.1, 0.15) is 5.75 Å². The van der Waals surface area contributed by atoms with Gasteiger partial charge in [0, 0.05) is 6.54 Å². The van der Waals surface area contributed by atoms with Crippen LogP contribution in [0.25, 0.3) is 0 Å². The van der Waals surface area contributed by atoms with Crippen molar-refractivity contribution in [3.63, 3.8) is 0 Å². The van der Waals surface area contributed by atoms with E-state index < -0.39 is 0 Å². The third-order valence-electron chi connectivity index (χ3n) is 3.19. The molecule has 0 radical (unpaired) electrons. The molecule has 0 amide bonds. The van der Waals surface area contributed by atoms with Gasteiger partial charge in [0.25, 0.3) is 0 Å². The monoisotopic (exact) mass is 240 g/mol. The average Bonchev–Trinajstić information content (AvgIpc) is 2.41. The quantitative estimate of drug-likeness (QED) is 0.793. The Morgan fingerprint density at radius 1 is 1.06 bits per heavy atom. The summed E-state index contributed by atoms with van der Waals surface area (Å²) in [5.41, 5.74) is 9.34. The highest BCUT2D eigenvalue weighted by Crippen LogP contribution is 2.31. The Hall–Kier alpha value is -2.00. The summed E-state index contributed by atoms with van der Waals surface area (Å²) < 4.78 is 5.83. The largest absolute Gasteiger partial charge is 0.455 e. The van der Waals surface area contributed by atoms with Crippen LogP contribution in [0.3, 0.4) is 0 Å². The zero-order chi connectivity index (χ0) is 12.4. The van der Waals surface area contributed by atoms with Gasteiger partial charge in [-0.15, -0.1) is 0 Å². The molecule has 3 heteroatoms. The van der Waals surface area contributed by atoms with Crippen molar-refractivity contribution in [1.29, 1.82) is 0 Å². The van der Waals surface area contributed by atoms with Crippen molar-refractivity contribution in [2.24, 2.45) is 0 Å². The van der Waals surface area contributed by atoms with E-state index in [-0.39, 0.29) is 0 Å². The number of nitrogens with two attached hydrogens (primary N) is 1. The number of anilines is 1. The molecule has 92 valence electrons. The molecule has 1 heterocycles. The molecule has 0 unspecified atom stereocenters.